The molecule has 1 amide bonds. The number of amides is 1. The maximum absolute atomic E-state index is 11.2. The number of thiocarbonyl (C=S) groups is 1. The number of alkyl carbamates (subject to hydrolysis) is 1. The zero-order chi connectivity index (χ0) is 12.0. The molecule has 0 saturated carbocycles. The van der Waals surface area contributed by atoms with Crippen LogP contribution in [0.15, 0.2) is 0 Å². The Balaban J connectivity index is 2.21. The fourth-order valence-corrected chi connectivity index (χ4v) is 1.98. The van der Waals surface area contributed by atoms with Crippen LogP contribution in [0.3, 0.4) is 0 Å². The lowest BCUT2D eigenvalue weighted by atomic mass is 10.1. The molecule has 1 heterocycles. The van der Waals surface area contributed by atoms with Crippen LogP contribution in [0.1, 0.15) is 19.8 Å². The Hall–Kier alpha value is -0.880. The van der Waals surface area contributed by atoms with Crippen molar-refractivity contribution < 1.29 is 9.53 Å². The number of nitrogens with one attached hydrogen (secondary N) is 1. The molecular weight excluding hydrogens is 226 g/mol. The topological polar surface area (TPSA) is 67.6 Å². The van der Waals surface area contributed by atoms with E-state index in [0.29, 0.717) is 18.1 Å². The van der Waals surface area contributed by atoms with Crippen molar-refractivity contribution in [3.8, 4) is 0 Å². The number of nitrogens with zero attached hydrogens (tertiary/aromatic N) is 1. The van der Waals surface area contributed by atoms with Gasteiger partial charge in [-0.2, -0.15) is 0 Å². The van der Waals surface area contributed by atoms with Crippen LogP contribution in [0.2, 0.25) is 0 Å². The van der Waals surface area contributed by atoms with Crippen LogP contribution in [-0.2, 0) is 4.74 Å². The molecule has 1 aliphatic heterocycles. The van der Waals surface area contributed by atoms with Crippen LogP contribution in [0.25, 0.3) is 0 Å². The normalized spacial score (nSPS) is 18.1. The quantitative estimate of drug-likeness (QED) is 0.705. The van der Waals surface area contributed by atoms with Crippen LogP contribution in [0, 0.1) is 0 Å². The molecule has 3 N–H and O–H groups in total. The molecule has 0 atom stereocenters. The Labute approximate surface area is 101 Å². The predicted molar refractivity (Wildman–Crippen MR) is 66.4 cm³/mol. The Morgan fingerprint density at radius 1 is 1.56 bits per heavy atom. The summed E-state index contributed by atoms with van der Waals surface area (Å²) in [5.41, 5.74) is 5.48. The van der Waals surface area contributed by atoms with E-state index in [1.54, 1.807) is 6.92 Å². The van der Waals surface area contributed by atoms with Gasteiger partial charge in [0.25, 0.3) is 0 Å². The summed E-state index contributed by atoms with van der Waals surface area (Å²) >= 11 is 4.86. The smallest absolute Gasteiger partial charge is 0.407 e. The minimum Gasteiger partial charge on any atom is -0.450 e. The standard InChI is InChI=1S/C10H19N3O2S/c1-2-15-10(14)12-8-3-5-13(6-4-8)7-9(11)16/h8H,2-7H2,1H3,(H2,11,16)(H,12,14). The van der Waals surface area contributed by atoms with Gasteiger partial charge in [0.05, 0.1) is 11.6 Å². The van der Waals surface area contributed by atoms with E-state index in [0.717, 1.165) is 25.9 Å². The highest BCUT2D eigenvalue weighted by Gasteiger charge is 2.20. The molecule has 1 aliphatic rings. The van der Waals surface area contributed by atoms with Crippen molar-refractivity contribution in [3.05, 3.63) is 0 Å². The van der Waals surface area contributed by atoms with Gasteiger partial charge < -0.3 is 15.8 Å². The van der Waals surface area contributed by atoms with E-state index in [1.165, 1.54) is 0 Å². The van der Waals surface area contributed by atoms with Gasteiger partial charge in [0.2, 0.25) is 0 Å². The fourth-order valence-electron chi connectivity index (χ4n) is 1.80. The molecule has 6 heteroatoms. The van der Waals surface area contributed by atoms with Crippen molar-refractivity contribution in [2.24, 2.45) is 5.73 Å². The van der Waals surface area contributed by atoms with Crippen molar-refractivity contribution in [2.45, 2.75) is 25.8 Å². The van der Waals surface area contributed by atoms with E-state index >= 15 is 0 Å². The second-order valence-electron chi connectivity index (χ2n) is 3.88. The molecule has 0 aliphatic carbocycles. The van der Waals surface area contributed by atoms with Gasteiger partial charge >= 0.3 is 6.09 Å². The lowest BCUT2D eigenvalue weighted by Crippen LogP contribution is -2.46. The van der Waals surface area contributed by atoms with Gasteiger partial charge in [-0.05, 0) is 19.8 Å². The highest BCUT2D eigenvalue weighted by molar-refractivity contribution is 7.80. The number of carbonyl (C=O) groups excluding carboxylic acids is 1. The van der Waals surface area contributed by atoms with Gasteiger partial charge in [-0.1, -0.05) is 12.2 Å². The average molecular weight is 245 g/mol. The predicted octanol–water partition coefficient (Wildman–Crippen LogP) is 0.483. The molecule has 1 rings (SSSR count). The maximum Gasteiger partial charge on any atom is 0.407 e. The summed E-state index contributed by atoms with van der Waals surface area (Å²) in [4.78, 5) is 13.9. The third-order valence-electron chi connectivity index (χ3n) is 2.56. The van der Waals surface area contributed by atoms with E-state index < -0.39 is 0 Å². The maximum atomic E-state index is 11.2. The molecule has 0 spiro atoms. The second kappa shape index (κ2) is 6.65. The lowest BCUT2D eigenvalue weighted by molar-refractivity contribution is 0.139. The minimum atomic E-state index is -0.324. The van der Waals surface area contributed by atoms with Gasteiger partial charge in [-0.15, -0.1) is 0 Å². The van der Waals surface area contributed by atoms with Crippen LogP contribution in [-0.4, -0.2) is 48.3 Å². The molecule has 0 bridgehead atoms. The lowest BCUT2D eigenvalue weighted by Gasteiger charge is -2.31. The summed E-state index contributed by atoms with van der Waals surface area (Å²) in [5, 5.41) is 2.84. The van der Waals surface area contributed by atoms with Crippen molar-refractivity contribution >= 4 is 23.3 Å². The molecule has 5 nitrogen and oxygen atoms in total. The summed E-state index contributed by atoms with van der Waals surface area (Å²) < 4.78 is 4.83. The number of nitrogens with two attached hydrogens (primary N) is 1. The summed E-state index contributed by atoms with van der Waals surface area (Å²) in [6.45, 7) is 4.70. The molecule has 16 heavy (non-hydrogen) atoms. The average Bonchev–Trinajstić information content (AvgIpc) is 2.20. The van der Waals surface area contributed by atoms with E-state index in [9.17, 15) is 4.79 Å². The van der Waals surface area contributed by atoms with E-state index in [-0.39, 0.29) is 12.1 Å². The monoisotopic (exact) mass is 245 g/mol. The van der Waals surface area contributed by atoms with Crippen molar-refractivity contribution in [1.82, 2.24) is 10.2 Å². The Kier molecular flexibility index (Phi) is 5.48. The Morgan fingerprint density at radius 2 is 2.19 bits per heavy atom. The first-order valence-corrected chi connectivity index (χ1v) is 5.96. The molecule has 0 aromatic carbocycles. The number of ether oxygens (including phenoxy) is 1. The first kappa shape index (κ1) is 13.2. The molecule has 0 radical (unpaired) electrons. The SMILES string of the molecule is CCOC(=O)NC1CCN(CC(N)=S)CC1. The number of piperidine rings is 1. The number of hydrogen-bond acceptors (Lipinski definition) is 4. The van der Waals surface area contributed by atoms with Crippen LogP contribution in [0.5, 0.6) is 0 Å². The minimum absolute atomic E-state index is 0.210. The first-order valence-electron chi connectivity index (χ1n) is 5.55. The summed E-state index contributed by atoms with van der Waals surface area (Å²) in [5.74, 6) is 0. The summed E-state index contributed by atoms with van der Waals surface area (Å²) in [7, 11) is 0. The van der Waals surface area contributed by atoms with Gasteiger partial charge in [0, 0.05) is 25.7 Å². The third-order valence-corrected chi connectivity index (χ3v) is 2.69. The summed E-state index contributed by atoms with van der Waals surface area (Å²) in [6.07, 6.45) is 1.51. The van der Waals surface area contributed by atoms with E-state index in [1.807, 2.05) is 0 Å². The highest BCUT2D eigenvalue weighted by atomic mass is 32.1. The largest absolute Gasteiger partial charge is 0.450 e. The number of carbonyl (C=O) groups is 1. The Bertz CT molecular complexity index is 252. The number of rotatable bonds is 4. The molecule has 1 saturated heterocycles. The first-order chi connectivity index (χ1) is 7.61. The van der Waals surface area contributed by atoms with Crippen LogP contribution in [0.4, 0.5) is 4.79 Å². The third kappa shape index (κ3) is 4.76. The van der Waals surface area contributed by atoms with E-state index in [4.69, 9.17) is 22.7 Å². The molecule has 0 unspecified atom stereocenters. The molecule has 1 fully saturated rings. The van der Waals surface area contributed by atoms with E-state index in [2.05, 4.69) is 10.2 Å². The fraction of sp³-hybridized carbons (Fsp3) is 0.800. The van der Waals surface area contributed by atoms with Gasteiger partial charge in [-0.3, -0.25) is 4.90 Å². The summed E-state index contributed by atoms with van der Waals surface area (Å²) in [6, 6.07) is 0.210. The zero-order valence-electron chi connectivity index (χ0n) is 9.57. The van der Waals surface area contributed by atoms with Crippen molar-refractivity contribution in [3.63, 3.8) is 0 Å². The van der Waals surface area contributed by atoms with Crippen molar-refractivity contribution in [1.29, 1.82) is 0 Å². The molecule has 92 valence electrons. The van der Waals surface area contributed by atoms with Gasteiger partial charge in [0.15, 0.2) is 0 Å². The highest BCUT2D eigenvalue weighted by Crippen LogP contribution is 2.09. The molecular formula is C10H19N3O2S. The second-order valence-corrected chi connectivity index (χ2v) is 4.41. The van der Waals surface area contributed by atoms with Gasteiger partial charge in [0.1, 0.15) is 0 Å². The van der Waals surface area contributed by atoms with Crippen molar-refractivity contribution in [2.75, 3.05) is 26.2 Å². The van der Waals surface area contributed by atoms with Crippen LogP contribution >= 0.6 is 12.2 Å². The number of likely N-dealkylation sites (tertiary alicyclic amines) is 1. The molecule has 0 aromatic heterocycles. The number of hydrogen-bond donors (Lipinski definition) is 2. The Morgan fingerprint density at radius 3 is 2.69 bits per heavy atom. The van der Waals surface area contributed by atoms with Crippen LogP contribution < -0.4 is 11.1 Å². The van der Waals surface area contributed by atoms with Gasteiger partial charge in [-0.25, -0.2) is 4.79 Å². The zero-order valence-corrected chi connectivity index (χ0v) is 10.4. The molecule has 0 aromatic rings.